The Morgan fingerprint density at radius 2 is 2.05 bits per heavy atom. The highest BCUT2D eigenvalue weighted by molar-refractivity contribution is 6.32. The highest BCUT2D eigenvalue weighted by atomic mass is 35.5. The zero-order chi connectivity index (χ0) is 14.2. The molecule has 0 radical (unpaired) electrons. The molecular weight excluding hydrogens is 303 g/mol. The lowest BCUT2D eigenvalue weighted by molar-refractivity contribution is -0.386. The minimum Gasteiger partial charge on any atom is -0.258 e. The number of hydrogen-bond donors (Lipinski definition) is 0. The van der Waals surface area contributed by atoms with Crippen LogP contribution in [-0.2, 0) is 0 Å². The predicted molar refractivity (Wildman–Crippen MR) is 65.2 cm³/mol. The summed E-state index contributed by atoms with van der Waals surface area (Å²) in [5.74, 6) is 0. The number of halogens is 4. The summed E-state index contributed by atoms with van der Waals surface area (Å²) in [4.78, 5) is 9.78. The minimum absolute atomic E-state index is 0.257. The summed E-state index contributed by atoms with van der Waals surface area (Å²) in [5.41, 5.74) is -1.63. The molecular formula is C10H5Cl2F2N3O2. The summed E-state index contributed by atoms with van der Waals surface area (Å²) >= 11 is 11.5. The predicted octanol–water partition coefficient (Wildman–Crippen LogP) is 4.02. The zero-order valence-electron chi connectivity index (χ0n) is 9.06. The number of aromatic nitrogens is 2. The van der Waals surface area contributed by atoms with Crippen molar-refractivity contribution in [1.82, 2.24) is 9.78 Å². The Labute approximate surface area is 115 Å². The Balaban J connectivity index is 2.66. The first-order chi connectivity index (χ1) is 8.91. The van der Waals surface area contributed by atoms with Gasteiger partial charge in [0.1, 0.15) is 0 Å². The molecule has 0 aliphatic rings. The van der Waals surface area contributed by atoms with Crippen molar-refractivity contribution >= 4 is 28.9 Å². The maximum absolute atomic E-state index is 12.7. The lowest BCUT2D eigenvalue weighted by atomic mass is 10.3. The van der Waals surface area contributed by atoms with Crippen molar-refractivity contribution in [3.05, 3.63) is 50.2 Å². The van der Waals surface area contributed by atoms with Crippen LogP contribution in [0.2, 0.25) is 10.2 Å². The van der Waals surface area contributed by atoms with Crippen LogP contribution in [0, 0.1) is 10.1 Å². The monoisotopic (exact) mass is 307 g/mol. The van der Waals surface area contributed by atoms with Crippen LogP contribution in [0.3, 0.4) is 0 Å². The number of hydrogen-bond acceptors (Lipinski definition) is 3. The second-order valence-electron chi connectivity index (χ2n) is 3.47. The molecule has 5 nitrogen and oxygen atoms in total. The van der Waals surface area contributed by atoms with Crippen molar-refractivity contribution < 1.29 is 13.7 Å². The molecule has 0 aliphatic carbocycles. The fourth-order valence-corrected chi connectivity index (χ4v) is 1.99. The molecule has 0 saturated heterocycles. The van der Waals surface area contributed by atoms with E-state index in [1.165, 1.54) is 12.1 Å². The molecule has 0 bridgehead atoms. The quantitative estimate of drug-likeness (QED) is 0.635. The number of alkyl halides is 2. The third kappa shape index (κ3) is 2.52. The number of benzene rings is 1. The molecule has 9 heteroatoms. The van der Waals surface area contributed by atoms with Gasteiger partial charge in [-0.15, -0.1) is 0 Å². The van der Waals surface area contributed by atoms with E-state index in [0.29, 0.717) is 5.02 Å². The molecule has 19 heavy (non-hydrogen) atoms. The number of nitro groups is 1. The van der Waals surface area contributed by atoms with Gasteiger partial charge in [0.15, 0.2) is 0 Å². The minimum atomic E-state index is -3.10. The summed E-state index contributed by atoms with van der Waals surface area (Å²) in [6.07, 6.45) is -3.10. The second kappa shape index (κ2) is 5.10. The third-order valence-corrected chi connectivity index (χ3v) is 2.85. The van der Waals surface area contributed by atoms with Gasteiger partial charge in [0.25, 0.3) is 6.43 Å². The van der Waals surface area contributed by atoms with Gasteiger partial charge in [-0.2, -0.15) is 5.10 Å². The molecule has 1 heterocycles. The molecule has 0 amide bonds. The van der Waals surface area contributed by atoms with Gasteiger partial charge in [0, 0.05) is 5.02 Å². The van der Waals surface area contributed by atoms with Crippen LogP contribution in [0.15, 0.2) is 24.3 Å². The Morgan fingerprint density at radius 3 is 2.53 bits per heavy atom. The SMILES string of the molecule is O=[N+]([O-])c1c(C(F)F)nn(-c2cccc(Cl)c2)c1Cl. The highest BCUT2D eigenvalue weighted by Crippen LogP contribution is 2.36. The summed E-state index contributed by atoms with van der Waals surface area (Å²) in [5, 5.41) is 14.1. The van der Waals surface area contributed by atoms with E-state index in [9.17, 15) is 18.9 Å². The first kappa shape index (κ1) is 13.7. The van der Waals surface area contributed by atoms with Gasteiger partial charge >= 0.3 is 5.69 Å². The molecule has 100 valence electrons. The maximum Gasteiger partial charge on any atom is 0.335 e. The van der Waals surface area contributed by atoms with Crippen LogP contribution < -0.4 is 0 Å². The first-order valence-corrected chi connectivity index (χ1v) is 5.64. The van der Waals surface area contributed by atoms with Gasteiger partial charge < -0.3 is 0 Å². The van der Waals surface area contributed by atoms with Crippen molar-refractivity contribution in [2.24, 2.45) is 0 Å². The van der Waals surface area contributed by atoms with Crippen LogP contribution in [0.25, 0.3) is 5.69 Å². The van der Waals surface area contributed by atoms with Crippen LogP contribution in [0.5, 0.6) is 0 Å². The van der Waals surface area contributed by atoms with Crippen LogP contribution in [0.4, 0.5) is 14.5 Å². The van der Waals surface area contributed by atoms with Crippen LogP contribution >= 0.6 is 23.2 Å². The van der Waals surface area contributed by atoms with Crippen molar-refractivity contribution in [3.63, 3.8) is 0 Å². The van der Waals surface area contributed by atoms with Gasteiger partial charge in [-0.3, -0.25) is 10.1 Å². The number of rotatable bonds is 3. The third-order valence-electron chi connectivity index (χ3n) is 2.27. The zero-order valence-corrected chi connectivity index (χ0v) is 10.6. The molecule has 2 aromatic rings. The molecule has 0 unspecified atom stereocenters. The van der Waals surface area contributed by atoms with Gasteiger partial charge in [-0.05, 0) is 18.2 Å². The smallest absolute Gasteiger partial charge is 0.258 e. The van der Waals surface area contributed by atoms with Crippen molar-refractivity contribution in [1.29, 1.82) is 0 Å². The van der Waals surface area contributed by atoms with E-state index in [4.69, 9.17) is 23.2 Å². The van der Waals surface area contributed by atoms with E-state index < -0.39 is 27.9 Å². The number of nitrogens with zero attached hydrogens (tertiary/aromatic N) is 3. The largest absolute Gasteiger partial charge is 0.335 e. The first-order valence-electron chi connectivity index (χ1n) is 4.88. The molecule has 1 aromatic heterocycles. The van der Waals surface area contributed by atoms with Crippen molar-refractivity contribution in [2.75, 3.05) is 0 Å². The highest BCUT2D eigenvalue weighted by Gasteiger charge is 2.32. The molecule has 0 fully saturated rings. The van der Waals surface area contributed by atoms with E-state index >= 15 is 0 Å². The van der Waals surface area contributed by atoms with Gasteiger partial charge in [0.05, 0.1) is 10.6 Å². The molecule has 0 N–H and O–H groups in total. The Bertz CT molecular complexity index is 646. The van der Waals surface area contributed by atoms with E-state index in [-0.39, 0.29) is 5.69 Å². The summed E-state index contributed by atoms with van der Waals surface area (Å²) in [6, 6.07) is 6.00. The average molecular weight is 308 g/mol. The van der Waals surface area contributed by atoms with E-state index in [2.05, 4.69) is 5.10 Å². The maximum atomic E-state index is 12.7. The van der Waals surface area contributed by atoms with E-state index in [1.807, 2.05) is 0 Å². The average Bonchev–Trinajstić information content (AvgIpc) is 2.67. The fourth-order valence-electron chi connectivity index (χ4n) is 1.50. The molecule has 0 saturated carbocycles. The van der Waals surface area contributed by atoms with Gasteiger partial charge in [-0.25, -0.2) is 13.5 Å². The Kier molecular flexibility index (Phi) is 3.68. The van der Waals surface area contributed by atoms with E-state index in [0.717, 1.165) is 4.68 Å². The van der Waals surface area contributed by atoms with Gasteiger partial charge in [0.2, 0.25) is 10.8 Å². The van der Waals surface area contributed by atoms with Crippen LogP contribution in [-0.4, -0.2) is 14.7 Å². The summed E-state index contributed by atoms with van der Waals surface area (Å²) < 4.78 is 26.3. The second-order valence-corrected chi connectivity index (χ2v) is 4.27. The van der Waals surface area contributed by atoms with Crippen molar-refractivity contribution in [3.8, 4) is 5.69 Å². The summed E-state index contributed by atoms with van der Waals surface area (Å²) in [7, 11) is 0. The molecule has 0 aliphatic heterocycles. The standard InChI is InChI=1S/C10H5Cl2F2N3O2/c11-5-2-1-3-6(4-5)16-9(12)8(17(18)19)7(15-16)10(13)14/h1-4,10H. The van der Waals surface area contributed by atoms with Crippen LogP contribution in [0.1, 0.15) is 12.1 Å². The fraction of sp³-hybridized carbons (Fsp3) is 0.100. The Hall–Kier alpha value is -1.73. The molecule has 0 atom stereocenters. The molecule has 0 spiro atoms. The molecule has 1 aromatic carbocycles. The lowest BCUT2D eigenvalue weighted by Gasteiger charge is -2.02. The van der Waals surface area contributed by atoms with Crippen molar-refractivity contribution in [2.45, 2.75) is 6.43 Å². The molecule has 2 rings (SSSR count). The topological polar surface area (TPSA) is 61.0 Å². The lowest BCUT2D eigenvalue weighted by Crippen LogP contribution is -1.97. The summed E-state index contributed by atoms with van der Waals surface area (Å²) in [6.45, 7) is 0. The normalized spacial score (nSPS) is 11.0. The van der Waals surface area contributed by atoms with Gasteiger partial charge in [-0.1, -0.05) is 29.3 Å². The van der Waals surface area contributed by atoms with E-state index in [1.54, 1.807) is 12.1 Å². The Morgan fingerprint density at radius 1 is 1.37 bits per heavy atom.